The van der Waals surface area contributed by atoms with E-state index < -0.39 is 0 Å². The Morgan fingerprint density at radius 1 is 1.13 bits per heavy atom. The maximum absolute atomic E-state index is 13.6. The second kappa shape index (κ2) is 5.66. The van der Waals surface area contributed by atoms with Gasteiger partial charge in [0.1, 0.15) is 12.1 Å². The summed E-state index contributed by atoms with van der Waals surface area (Å²) in [4.78, 5) is 4.27. The molecule has 0 spiro atoms. The lowest BCUT2D eigenvalue weighted by molar-refractivity contribution is 0.429. The van der Waals surface area contributed by atoms with Crippen molar-refractivity contribution in [1.82, 2.24) is 14.8 Å². The van der Waals surface area contributed by atoms with E-state index >= 15 is 0 Å². The molecule has 1 N–H and O–H groups in total. The number of aromatic nitrogens is 3. The maximum Gasteiger partial charge on any atom is 0.222 e. The van der Waals surface area contributed by atoms with Crippen LogP contribution < -0.4 is 5.32 Å². The van der Waals surface area contributed by atoms with Crippen LogP contribution in [-0.2, 0) is 0 Å². The topological polar surface area (TPSA) is 42.7 Å². The fraction of sp³-hybridized carbons (Fsp3) is 0.176. The number of fused-ring (bicyclic) bond motifs is 1. The second-order valence-corrected chi connectivity index (χ2v) is 6.02. The van der Waals surface area contributed by atoms with Gasteiger partial charge in [0.25, 0.3) is 0 Å². The van der Waals surface area contributed by atoms with E-state index in [1.54, 1.807) is 16.8 Å². The van der Waals surface area contributed by atoms with Crippen molar-refractivity contribution in [1.29, 1.82) is 0 Å². The van der Waals surface area contributed by atoms with Crippen LogP contribution in [0.15, 0.2) is 54.9 Å². The van der Waals surface area contributed by atoms with Crippen LogP contribution in [-0.4, -0.2) is 14.8 Å². The molecule has 4 nitrogen and oxygen atoms in total. The smallest absolute Gasteiger partial charge is 0.222 e. The van der Waals surface area contributed by atoms with Crippen molar-refractivity contribution in [3.8, 4) is 0 Å². The van der Waals surface area contributed by atoms with E-state index in [9.17, 15) is 4.39 Å². The minimum atomic E-state index is -0.245. The summed E-state index contributed by atoms with van der Waals surface area (Å²) in [5.74, 6) is 0.441. The van der Waals surface area contributed by atoms with Gasteiger partial charge >= 0.3 is 0 Å². The lowest BCUT2D eigenvalue weighted by atomic mass is 9.93. The van der Waals surface area contributed by atoms with Crippen LogP contribution in [0.3, 0.4) is 0 Å². The minimum Gasteiger partial charge on any atom is -0.348 e. The fourth-order valence-electron chi connectivity index (χ4n) is 3.02. The van der Waals surface area contributed by atoms with Gasteiger partial charge in [-0.25, -0.2) is 9.07 Å². The first-order valence-electron chi connectivity index (χ1n) is 7.38. The molecule has 0 unspecified atom stereocenters. The van der Waals surface area contributed by atoms with Crippen molar-refractivity contribution in [3.05, 3.63) is 76.8 Å². The van der Waals surface area contributed by atoms with E-state index in [1.807, 2.05) is 30.3 Å². The summed E-state index contributed by atoms with van der Waals surface area (Å²) in [6.07, 6.45) is 2.26. The Hall–Kier alpha value is -2.40. The zero-order chi connectivity index (χ0) is 15.8. The van der Waals surface area contributed by atoms with Crippen LogP contribution in [0.1, 0.15) is 29.6 Å². The Morgan fingerprint density at radius 3 is 2.74 bits per heavy atom. The summed E-state index contributed by atoms with van der Waals surface area (Å²) in [6.45, 7) is 0. The molecule has 1 aromatic heterocycles. The van der Waals surface area contributed by atoms with Crippen LogP contribution in [0.2, 0.25) is 5.02 Å². The molecule has 1 aliphatic rings. The van der Waals surface area contributed by atoms with E-state index in [1.165, 1.54) is 12.4 Å². The van der Waals surface area contributed by atoms with Gasteiger partial charge in [-0.05, 0) is 41.8 Å². The first-order chi connectivity index (χ1) is 11.2. The van der Waals surface area contributed by atoms with Gasteiger partial charge in [-0.1, -0.05) is 35.9 Å². The van der Waals surface area contributed by atoms with Crippen LogP contribution in [0.25, 0.3) is 0 Å². The SMILES string of the molecule is Fc1cccc([C@@H]2C[C@H](c3ccc(Cl)cc3)Nc3ncnn32)c1. The highest BCUT2D eigenvalue weighted by Crippen LogP contribution is 2.37. The summed E-state index contributed by atoms with van der Waals surface area (Å²) in [7, 11) is 0. The Kier molecular flexibility index (Phi) is 3.50. The van der Waals surface area contributed by atoms with E-state index in [4.69, 9.17) is 11.6 Å². The Labute approximate surface area is 137 Å². The predicted molar refractivity (Wildman–Crippen MR) is 87.0 cm³/mol. The van der Waals surface area contributed by atoms with E-state index in [-0.39, 0.29) is 17.9 Å². The average molecular weight is 329 g/mol. The minimum absolute atomic E-state index is 0.0647. The summed E-state index contributed by atoms with van der Waals surface area (Å²) >= 11 is 5.97. The lowest BCUT2D eigenvalue weighted by Gasteiger charge is -2.31. The summed E-state index contributed by atoms with van der Waals surface area (Å²) < 4.78 is 15.4. The van der Waals surface area contributed by atoms with Gasteiger partial charge in [0.15, 0.2) is 0 Å². The average Bonchev–Trinajstić information content (AvgIpc) is 3.03. The molecule has 1 aliphatic heterocycles. The van der Waals surface area contributed by atoms with Crippen molar-refractivity contribution in [3.63, 3.8) is 0 Å². The van der Waals surface area contributed by atoms with Gasteiger partial charge in [-0.3, -0.25) is 0 Å². The number of halogens is 2. The van der Waals surface area contributed by atoms with E-state index in [0.717, 1.165) is 17.5 Å². The molecular weight excluding hydrogens is 315 g/mol. The Balaban J connectivity index is 1.73. The highest BCUT2D eigenvalue weighted by molar-refractivity contribution is 6.30. The van der Waals surface area contributed by atoms with Crippen molar-refractivity contribution in [2.24, 2.45) is 0 Å². The Morgan fingerprint density at radius 2 is 1.96 bits per heavy atom. The maximum atomic E-state index is 13.6. The molecule has 0 bridgehead atoms. The van der Waals surface area contributed by atoms with Gasteiger partial charge in [0, 0.05) is 5.02 Å². The molecule has 2 aromatic carbocycles. The predicted octanol–water partition coefficient (Wildman–Crippen LogP) is 4.22. The monoisotopic (exact) mass is 328 g/mol. The molecule has 2 atom stereocenters. The molecule has 6 heteroatoms. The fourth-order valence-corrected chi connectivity index (χ4v) is 3.15. The number of rotatable bonds is 2. The van der Waals surface area contributed by atoms with Crippen LogP contribution in [0.5, 0.6) is 0 Å². The van der Waals surface area contributed by atoms with Gasteiger partial charge in [-0.2, -0.15) is 10.1 Å². The quantitative estimate of drug-likeness (QED) is 0.766. The number of nitrogens with one attached hydrogen (secondary N) is 1. The number of nitrogens with zero attached hydrogens (tertiary/aromatic N) is 3. The molecule has 0 aliphatic carbocycles. The first kappa shape index (κ1) is 14.2. The largest absolute Gasteiger partial charge is 0.348 e. The van der Waals surface area contributed by atoms with Gasteiger partial charge in [0.05, 0.1) is 12.1 Å². The standard InChI is InChI=1S/C17H14ClFN4/c18-13-6-4-11(5-7-13)15-9-16(12-2-1-3-14(19)8-12)23-17(22-15)20-10-21-23/h1-8,10,15-16H,9H2,(H,20,21,22)/t15-,16+/m1/s1. The molecule has 0 saturated heterocycles. The van der Waals surface area contributed by atoms with Crippen molar-refractivity contribution in [2.45, 2.75) is 18.5 Å². The van der Waals surface area contributed by atoms with Crippen molar-refractivity contribution >= 4 is 17.5 Å². The third-order valence-electron chi connectivity index (χ3n) is 4.14. The van der Waals surface area contributed by atoms with E-state index in [2.05, 4.69) is 15.4 Å². The molecule has 23 heavy (non-hydrogen) atoms. The zero-order valence-corrected chi connectivity index (χ0v) is 12.9. The third kappa shape index (κ3) is 2.68. The second-order valence-electron chi connectivity index (χ2n) is 5.58. The van der Waals surface area contributed by atoms with Crippen LogP contribution >= 0.6 is 11.6 Å². The number of hydrogen-bond acceptors (Lipinski definition) is 3. The van der Waals surface area contributed by atoms with Crippen LogP contribution in [0, 0.1) is 5.82 Å². The third-order valence-corrected chi connectivity index (χ3v) is 4.39. The molecule has 0 radical (unpaired) electrons. The molecule has 0 saturated carbocycles. The molecule has 0 amide bonds. The molecule has 0 fully saturated rings. The van der Waals surface area contributed by atoms with Crippen LogP contribution in [0.4, 0.5) is 10.3 Å². The van der Waals surface area contributed by atoms with Gasteiger partial charge in [0.2, 0.25) is 5.95 Å². The summed E-state index contributed by atoms with van der Waals surface area (Å²) in [5.41, 5.74) is 2.00. The van der Waals surface area contributed by atoms with Gasteiger partial charge in [-0.15, -0.1) is 0 Å². The van der Waals surface area contributed by atoms with Crippen molar-refractivity contribution in [2.75, 3.05) is 5.32 Å². The number of benzene rings is 2. The Bertz CT molecular complexity index is 831. The highest BCUT2D eigenvalue weighted by Gasteiger charge is 2.29. The number of anilines is 1. The lowest BCUT2D eigenvalue weighted by Crippen LogP contribution is -2.28. The summed E-state index contributed by atoms with van der Waals surface area (Å²) in [5, 5.41) is 8.37. The highest BCUT2D eigenvalue weighted by atomic mass is 35.5. The van der Waals surface area contributed by atoms with Crippen molar-refractivity contribution < 1.29 is 4.39 Å². The van der Waals surface area contributed by atoms with E-state index in [0.29, 0.717) is 11.0 Å². The molecule has 3 aromatic rings. The van der Waals surface area contributed by atoms with Gasteiger partial charge < -0.3 is 5.32 Å². The molecular formula is C17H14ClFN4. The number of hydrogen-bond donors (Lipinski definition) is 1. The normalized spacial score (nSPS) is 19.9. The molecule has 2 heterocycles. The summed E-state index contributed by atoms with van der Waals surface area (Å²) in [6, 6.07) is 14.4. The molecule has 116 valence electrons. The first-order valence-corrected chi connectivity index (χ1v) is 7.75. The zero-order valence-electron chi connectivity index (χ0n) is 12.2. The molecule has 4 rings (SSSR count).